The van der Waals surface area contributed by atoms with Crippen LogP contribution in [-0.4, -0.2) is 28.8 Å². The van der Waals surface area contributed by atoms with Crippen molar-refractivity contribution in [3.05, 3.63) is 35.4 Å². The van der Waals surface area contributed by atoms with Crippen LogP contribution >= 0.6 is 0 Å². The molecule has 0 heterocycles. The molecule has 2 N–H and O–H groups in total. The van der Waals surface area contributed by atoms with Crippen molar-refractivity contribution in [2.75, 3.05) is 0 Å². The molecule has 5 heteroatoms. The maximum Gasteiger partial charge on any atom is 0.306 e. The monoisotopic (exact) mass is 291 g/mol. The number of nitrogens with one attached hydrogen (secondary N) is 1. The van der Waals surface area contributed by atoms with E-state index in [2.05, 4.69) is 5.32 Å². The molecule has 2 atom stereocenters. The zero-order valence-corrected chi connectivity index (χ0v) is 12.6. The molecule has 21 heavy (non-hydrogen) atoms. The molecule has 1 aromatic carbocycles. The number of carboxylic acid groups (broad SMARTS) is 1. The van der Waals surface area contributed by atoms with E-state index in [1.165, 1.54) is 13.8 Å². The Hall–Kier alpha value is -2.17. The number of hydrogen-bond donors (Lipinski definition) is 2. The third kappa shape index (κ3) is 5.77. The summed E-state index contributed by atoms with van der Waals surface area (Å²) in [5.41, 5.74) is 2.04. The highest BCUT2D eigenvalue weighted by atomic mass is 16.4. The fourth-order valence-corrected chi connectivity index (χ4v) is 1.98. The molecule has 0 radical (unpaired) electrons. The standard InChI is InChI=1S/C16H21NO4/c1-10-4-6-13(7-5-10)9-14(17-12(3)18)15(19)8-11(2)16(20)21/h4-7,11,14H,8-9H2,1-3H3,(H,17,18)(H,20,21). The van der Waals surface area contributed by atoms with Crippen LogP contribution in [0.4, 0.5) is 0 Å². The molecule has 2 unspecified atom stereocenters. The number of Topliss-reactive ketones (excluding diaryl/α,β-unsaturated/α-hetero) is 1. The van der Waals surface area contributed by atoms with E-state index in [-0.39, 0.29) is 18.1 Å². The molecule has 0 aromatic heterocycles. The molecule has 114 valence electrons. The molecule has 1 aromatic rings. The van der Waals surface area contributed by atoms with Crippen LogP contribution in [-0.2, 0) is 20.8 Å². The molecule has 0 fully saturated rings. The summed E-state index contributed by atoms with van der Waals surface area (Å²) in [6, 6.07) is 6.98. The van der Waals surface area contributed by atoms with Gasteiger partial charge in [-0.2, -0.15) is 0 Å². The number of aliphatic carboxylic acids is 1. The zero-order valence-electron chi connectivity index (χ0n) is 12.6. The van der Waals surface area contributed by atoms with Crippen molar-refractivity contribution >= 4 is 17.7 Å². The van der Waals surface area contributed by atoms with Gasteiger partial charge in [0.1, 0.15) is 0 Å². The summed E-state index contributed by atoms with van der Waals surface area (Å²) in [6.45, 7) is 4.79. The van der Waals surface area contributed by atoms with Crippen molar-refractivity contribution in [3.63, 3.8) is 0 Å². The van der Waals surface area contributed by atoms with Gasteiger partial charge in [0.05, 0.1) is 12.0 Å². The SMILES string of the molecule is CC(=O)NC(Cc1ccc(C)cc1)C(=O)CC(C)C(=O)O. The molecule has 0 aliphatic heterocycles. The number of amides is 1. The average molecular weight is 291 g/mol. The van der Waals surface area contributed by atoms with Gasteiger partial charge in [0.2, 0.25) is 5.91 Å². The fourth-order valence-electron chi connectivity index (χ4n) is 1.98. The predicted molar refractivity (Wildman–Crippen MR) is 78.9 cm³/mol. The van der Waals surface area contributed by atoms with Crippen molar-refractivity contribution in [1.82, 2.24) is 5.32 Å². The quantitative estimate of drug-likeness (QED) is 0.801. The Balaban J connectivity index is 2.79. The number of rotatable bonds is 7. The number of hydrogen-bond acceptors (Lipinski definition) is 3. The Labute approximate surface area is 124 Å². The van der Waals surface area contributed by atoms with Crippen LogP contribution in [0.15, 0.2) is 24.3 Å². The van der Waals surface area contributed by atoms with Crippen LogP contribution in [0.2, 0.25) is 0 Å². The van der Waals surface area contributed by atoms with Crippen molar-refractivity contribution in [3.8, 4) is 0 Å². The van der Waals surface area contributed by atoms with Crippen LogP contribution in [0.3, 0.4) is 0 Å². The van der Waals surface area contributed by atoms with Gasteiger partial charge in [0.25, 0.3) is 0 Å². The van der Waals surface area contributed by atoms with E-state index in [0.717, 1.165) is 11.1 Å². The van der Waals surface area contributed by atoms with E-state index in [1.807, 2.05) is 31.2 Å². The Morgan fingerprint density at radius 1 is 1.19 bits per heavy atom. The maximum atomic E-state index is 12.2. The molecule has 0 aliphatic rings. The second kappa shape index (κ2) is 7.57. The number of aryl methyl sites for hydroxylation is 1. The highest BCUT2D eigenvalue weighted by molar-refractivity contribution is 5.91. The molecule has 1 rings (SSSR count). The van der Waals surface area contributed by atoms with E-state index in [9.17, 15) is 14.4 Å². The normalized spacial score (nSPS) is 13.3. The minimum absolute atomic E-state index is 0.0911. The first kappa shape index (κ1) is 16.9. The highest BCUT2D eigenvalue weighted by Crippen LogP contribution is 2.11. The first-order chi connectivity index (χ1) is 9.79. The summed E-state index contributed by atoms with van der Waals surface area (Å²) in [5.74, 6) is -2.34. The Morgan fingerprint density at radius 3 is 2.24 bits per heavy atom. The van der Waals surface area contributed by atoms with Gasteiger partial charge in [-0.25, -0.2) is 0 Å². The smallest absolute Gasteiger partial charge is 0.306 e. The summed E-state index contributed by atoms with van der Waals surface area (Å²) < 4.78 is 0. The average Bonchev–Trinajstić information content (AvgIpc) is 2.39. The van der Waals surface area contributed by atoms with Crippen molar-refractivity contribution in [2.24, 2.45) is 5.92 Å². The number of benzene rings is 1. The second-order valence-corrected chi connectivity index (χ2v) is 5.35. The molecular formula is C16H21NO4. The van der Waals surface area contributed by atoms with Crippen LogP contribution in [0.5, 0.6) is 0 Å². The lowest BCUT2D eigenvalue weighted by Gasteiger charge is -2.18. The molecule has 1 amide bonds. The first-order valence-corrected chi connectivity index (χ1v) is 6.87. The van der Waals surface area contributed by atoms with Crippen LogP contribution in [0.25, 0.3) is 0 Å². The summed E-state index contributed by atoms with van der Waals surface area (Å²) >= 11 is 0. The zero-order chi connectivity index (χ0) is 16.0. The Kier molecular flexibility index (Phi) is 6.09. The second-order valence-electron chi connectivity index (χ2n) is 5.35. The van der Waals surface area contributed by atoms with E-state index >= 15 is 0 Å². The lowest BCUT2D eigenvalue weighted by atomic mass is 9.95. The van der Waals surface area contributed by atoms with Gasteiger partial charge >= 0.3 is 5.97 Å². The van der Waals surface area contributed by atoms with Gasteiger partial charge in [-0.05, 0) is 18.9 Å². The molecule has 5 nitrogen and oxygen atoms in total. The molecule has 0 aliphatic carbocycles. The largest absolute Gasteiger partial charge is 0.481 e. The molecule has 0 spiro atoms. The fraction of sp³-hybridized carbons (Fsp3) is 0.438. The van der Waals surface area contributed by atoms with Crippen LogP contribution in [0, 0.1) is 12.8 Å². The molecule has 0 saturated carbocycles. The van der Waals surface area contributed by atoms with E-state index in [0.29, 0.717) is 6.42 Å². The summed E-state index contributed by atoms with van der Waals surface area (Å²) in [6.07, 6.45) is 0.275. The summed E-state index contributed by atoms with van der Waals surface area (Å²) in [5, 5.41) is 11.5. The van der Waals surface area contributed by atoms with Gasteiger partial charge in [0.15, 0.2) is 5.78 Å². The Bertz CT molecular complexity index is 522. The predicted octanol–water partition coefficient (Wildman–Crippen LogP) is 1.72. The van der Waals surface area contributed by atoms with E-state index < -0.39 is 17.9 Å². The summed E-state index contributed by atoms with van der Waals surface area (Å²) in [4.78, 5) is 34.3. The van der Waals surface area contributed by atoms with E-state index in [4.69, 9.17) is 5.11 Å². The van der Waals surface area contributed by atoms with Crippen molar-refractivity contribution in [1.29, 1.82) is 0 Å². The minimum atomic E-state index is -1.01. The van der Waals surface area contributed by atoms with Gasteiger partial charge in [-0.3, -0.25) is 14.4 Å². The third-order valence-electron chi connectivity index (χ3n) is 3.26. The number of carboxylic acids is 1. The lowest BCUT2D eigenvalue weighted by Crippen LogP contribution is -2.42. The van der Waals surface area contributed by atoms with Gasteiger partial charge in [-0.15, -0.1) is 0 Å². The number of carbonyl (C=O) groups is 3. The third-order valence-corrected chi connectivity index (χ3v) is 3.26. The van der Waals surface area contributed by atoms with Gasteiger partial charge in [-0.1, -0.05) is 36.8 Å². The van der Waals surface area contributed by atoms with E-state index in [1.54, 1.807) is 0 Å². The summed E-state index contributed by atoms with van der Waals surface area (Å²) in [7, 11) is 0. The highest BCUT2D eigenvalue weighted by Gasteiger charge is 2.24. The minimum Gasteiger partial charge on any atom is -0.481 e. The van der Waals surface area contributed by atoms with Gasteiger partial charge in [0, 0.05) is 13.3 Å². The van der Waals surface area contributed by atoms with Crippen LogP contribution in [0.1, 0.15) is 31.4 Å². The van der Waals surface area contributed by atoms with Crippen molar-refractivity contribution in [2.45, 2.75) is 39.7 Å². The first-order valence-electron chi connectivity index (χ1n) is 6.87. The number of ketones is 1. The molecular weight excluding hydrogens is 270 g/mol. The molecule has 0 saturated heterocycles. The number of carbonyl (C=O) groups excluding carboxylic acids is 2. The Morgan fingerprint density at radius 2 is 1.76 bits per heavy atom. The lowest BCUT2D eigenvalue weighted by molar-refractivity contribution is -0.143. The molecule has 0 bridgehead atoms. The van der Waals surface area contributed by atoms with Gasteiger partial charge < -0.3 is 10.4 Å². The van der Waals surface area contributed by atoms with Crippen molar-refractivity contribution < 1.29 is 19.5 Å². The topological polar surface area (TPSA) is 83.5 Å². The maximum absolute atomic E-state index is 12.2. The van der Waals surface area contributed by atoms with Crippen LogP contribution < -0.4 is 5.32 Å².